The fourth-order valence-corrected chi connectivity index (χ4v) is 3.19. The topological polar surface area (TPSA) is 21.8 Å². The summed E-state index contributed by atoms with van der Waals surface area (Å²) < 4.78 is 12.4. The van der Waals surface area contributed by atoms with Crippen molar-refractivity contribution in [3.05, 3.63) is 27.2 Å². The highest BCUT2D eigenvalue weighted by molar-refractivity contribution is 9.10. The highest BCUT2D eigenvalue weighted by Crippen LogP contribution is 2.37. The van der Waals surface area contributed by atoms with Crippen LogP contribution in [-0.2, 0) is 11.2 Å². The second-order valence-corrected chi connectivity index (χ2v) is 11.6. The van der Waals surface area contributed by atoms with E-state index < -0.39 is 8.80 Å². The largest absolute Gasteiger partial charge is 0.492 e. The number of benzene rings is 1. The van der Waals surface area contributed by atoms with Gasteiger partial charge in [-0.3, -0.25) is 0 Å². The number of epoxide rings is 1. The molecule has 0 N–H and O–H groups in total. The van der Waals surface area contributed by atoms with Crippen LogP contribution in [0.4, 0.5) is 0 Å². The maximum Gasteiger partial charge on any atom is 0.136 e. The third-order valence-electron chi connectivity index (χ3n) is 4.09. The van der Waals surface area contributed by atoms with Gasteiger partial charge in [0.15, 0.2) is 0 Å². The molecule has 112 valence electrons. The van der Waals surface area contributed by atoms with Gasteiger partial charge in [-0.2, -0.15) is 0 Å². The summed E-state index contributed by atoms with van der Waals surface area (Å²) in [4.78, 5) is 0. The predicted molar refractivity (Wildman–Crippen MR) is 91.0 cm³/mol. The van der Waals surface area contributed by atoms with Crippen molar-refractivity contribution < 1.29 is 9.47 Å². The summed E-state index contributed by atoms with van der Waals surface area (Å²) in [5.41, 5.74) is 1.13. The van der Waals surface area contributed by atoms with E-state index in [0.29, 0.717) is 6.10 Å². The van der Waals surface area contributed by atoms with Crippen LogP contribution in [0.5, 0.6) is 5.75 Å². The Morgan fingerprint density at radius 3 is 2.65 bits per heavy atom. The predicted octanol–water partition coefficient (Wildman–Crippen LogP) is 4.69. The second-order valence-electron chi connectivity index (χ2n) is 6.47. The summed E-state index contributed by atoms with van der Waals surface area (Å²) in [6.45, 7) is 10.9. The first-order valence-corrected chi connectivity index (χ1v) is 11.1. The molecule has 1 aromatic carbocycles. The van der Waals surface area contributed by atoms with Gasteiger partial charge < -0.3 is 9.47 Å². The Balaban J connectivity index is 2.16. The SMILES string of the molecule is C[SiH](C)C(C)(C)COc1c(Br)cc(Cl)cc1C[C@@H]1CO1. The summed E-state index contributed by atoms with van der Waals surface area (Å²) in [5, 5.41) is 1.00. The fourth-order valence-electron chi connectivity index (χ4n) is 1.78. The van der Waals surface area contributed by atoms with Crippen molar-refractivity contribution in [1.29, 1.82) is 0 Å². The quantitative estimate of drug-likeness (QED) is 0.530. The Morgan fingerprint density at radius 1 is 1.45 bits per heavy atom. The van der Waals surface area contributed by atoms with Gasteiger partial charge in [-0.25, -0.2) is 0 Å². The van der Waals surface area contributed by atoms with Gasteiger partial charge >= 0.3 is 0 Å². The number of hydrogen-bond donors (Lipinski definition) is 0. The van der Waals surface area contributed by atoms with Crippen molar-refractivity contribution in [1.82, 2.24) is 0 Å². The average Bonchev–Trinajstić information content (AvgIpc) is 3.11. The summed E-state index contributed by atoms with van der Waals surface area (Å²) in [5.74, 6) is 0.924. The Morgan fingerprint density at radius 2 is 2.10 bits per heavy atom. The molecule has 2 nitrogen and oxygen atoms in total. The minimum Gasteiger partial charge on any atom is -0.492 e. The van der Waals surface area contributed by atoms with Crippen LogP contribution < -0.4 is 4.74 Å². The summed E-state index contributed by atoms with van der Waals surface area (Å²) in [6.07, 6.45) is 1.20. The molecular formula is C15H22BrClO2Si. The minimum absolute atomic E-state index is 0.270. The first kappa shape index (κ1) is 16.3. The Hall–Kier alpha value is -0.0331. The van der Waals surface area contributed by atoms with Crippen molar-refractivity contribution in [3.63, 3.8) is 0 Å². The van der Waals surface area contributed by atoms with Crippen LogP contribution in [-0.4, -0.2) is 28.1 Å². The molecule has 0 unspecified atom stereocenters. The van der Waals surface area contributed by atoms with E-state index in [1.165, 1.54) is 0 Å². The smallest absolute Gasteiger partial charge is 0.136 e. The number of hydrogen-bond acceptors (Lipinski definition) is 2. The highest BCUT2D eigenvalue weighted by Gasteiger charge is 2.28. The molecule has 1 aromatic rings. The van der Waals surface area contributed by atoms with E-state index in [0.717, 1.165) is 40.4 Å². The van der Waals surface area contributed by atoms with Crippen LogP contribution in [0.1, 0.15) is 19.4 Å². The molecule has 0 spiro atoms. The van der Waals surface area contributed by atoms with Gasteiger partial charge in [0.05, 0.1) is 23.8 Å². The molecule has 1 heterocycles. The lowest BCUT2D eigenvalue weighted by Gasteiger charge is -2.29. The standard InChI is InChI=1S/C15H22BrClO2Si/c1-15(2,20(3)4)9-19-14-10(6-12-8-18-12)5-11(17)7-13(14)16/h5,7,12,20H,6,8-9H2,1-4H3/t12-/m1/s1. The van der Waals surface area contributed by atoms with E-state index >= 15 is 0 Å². The molecule has 1 aliphatic rings. The fraction of sp³-hybridized carbons (Fsp3) is 0.600. The maximum atomic E-state index is 6.15. The third-order valence-corrected chi connectivity index (χ3v) is 8.19. The summed E-state index contributed by atoms with van der Waals surface area (Å²) in [6, 6.07) is 3.89. The average molecular weight is 378 g/mol. The van der Waals surface area contributed by atoms with Gasteiger partial charge in [0.2, 0.25) is 0 Å². The summed E-state index contributed by atoms with van der Waals surface area (Å²) in [7, 11) is -0.769. The second kappa shape index (κ2) is 6.38. The lowest BCUT2D eigenvalue weighted by molar-refractivity contribution is 0.271. The molecular weight excluding hydrogens is 356 g/mol. The van der Waals surface area contributed by atoms with Gasteiger partial charge in [0.25, 0.3) is 0 Å². The number of rotatable bonds is 6. The molecule has 0 bridgehead atoms. The minimum atomic E-state index is -0.769. The van der Waals surface area contributed by atoms with Crippen LogP contribution in [0.3, 0.4) is 0 Å². The van der Waals surface area contributed by atoms with Crippen molar-refractivity contribution in [2.24, 2.45) is 0 Å². The normalized spacial score (nSPS) is 18.4. The molecule has 1 atom stereocenters. The molecule has 0 saturated carbocycles. The van der Waals surface area contributed by atoms with Crippen LogP contribution in [0.25, 0.3) is 0 Å². The van der Waals surface area contributed by atoms with E-state index in [2.05, 4.69) is 42.9 Å². The van der Waals surface area contributed by atoms with Crippen molar-refractivity contribution in [2.75, 3.05) is 13.2 Å². The molecule has 0 amide bonds. The number of ether oxygens (including phenoxy) is 2. The molecule has 1 saturated heterocycles. The first-order chi connectivity index (χ1) is 9.29. The Kier molecular flexibility index (Phi) is 5.22. The third kappa shape index (κ3) is 4.23. The van der Waals surface area contributed by atoms with E-state index in [1.807, 2.05) is 12.1 Å². The van der Waals surface area contributed by atoms with Crippen LogP contribution in [0.15, 0.2) is 16.6 Å². The van der Waals surface area contributed by atoms with E-state index in [9.17, 15) is 0 Å². The zero-order chi connectivity index (χ0) is 14.9. The molecule has 0 radical (unpaired) electrons. The maximum absolute atomic E-state index is 6.15. The van der Waals surface area contributed by atoms with E-state index in [-0.39, 0.29) is 5.04 Å². The number of halogens is 2. The monoisotopic (exact) mass is 376 g/mol. The Labute approximate surface area is 136 Å². The molecule has 2 rings (SSSR count). The highest BCUT2D eigenvalue weighted by atomic mass is 79.9. The van der Waals surface area contributed by atoms with E-state index in [1.54, 1.807) is 0 Å². The van der Waals surface area contributed by atoms with Crippen LogP contribution in [0, 0.1) is 0 Å². The van der Waals surface area contributed by atoms with E-state index in [4.69, 9.17) is 21.1 Å². The molecule has 0 aliphatic carbocycles. The van der Waals surface area contributed by atoms with Crippen molar-refractivity contribution >= 4 is 36.3 Å². The summed E-state index contributed by atoms with van der Waals surface area (Å²) >= 11 is 9.72. The molecule has 0 aromatic heterocycles. The first-order valence-electron chi connectivity index (χ1n) is 7.02. The molecule has 1 fully saturated rings. The van der Waals surface area contributed by atoms with Crippen LogP contribution in [0.2, 0.25) is 23.2 Å². The van der Waals surface area contributed by atoms with Crippen molar-refractivity contribution in [3.8, 4) is 5.75 Å². The zero-order valence-corrected chi connectivity index (χ0v) is 16.0. The van der Waals surface area contributed by atoms with Gasteiger partial charge in [-0.05, 0) is 38.7 Å². The Bertz CT molecular complexity index is 487. The lowest BCUT2D eigenvalue weighted by Crippen LogP contribution is -2.28. The molecule has 5 heteroatoms. The zero-order valence-electron chi connectivity index (χ0n) is 12.5. The van der Waals surface area contributed by atoms with Gasteiger partial charge in [-0.15, -0.1) is 0 Å². The van der Waals surface area contributed by atoms with Gasteiger partial charge in [-0.1, -0.05) is 38.5 Å². The lowest BCUT2D eigenvalue weighted by atomic mass is 10.1. The molecule has 20 heavy (non-hydrogen) atoms. The van der Waals surface area contributed by atoms with Crippen molar-refractivity contribution in [2.45, 2.75) is 44.5 Å². The van der Waals surface area contributed by atoms with Gasteiger partial charge in [0.1, 0.15) is 5.75 Å². The van der Waals surface area contributed by atoms with Crippen LogP contribution >= 0.6 is 27.5 Å². The molecule has 1 aliphatic heterocycles. The van der Waals surface area contributed by atoms with Gasteiger partial charge in [0, 0.05) is 20.2 Å².